The lowest BCUT2D eigenvalue weighted by molar-refractivity contribution is 0.0952. The first-order valence-corrected chi connectivity index (χ1v) is 8.44. The molecule has 0 saturated heterocycles. The number of carbonyl (C=O) groups is 1. The Morgan fingerprint density at radius 1 is 1.31 bits per heavy atom. The summed E-state index contributed by atoms with van der Waals surface area (Å²) < 4.78 is 7.58. The summed E-state index contributed by atoms with van der Waals surface area (Å²) in [6.45, 7) is 2.94. The van der Waals surface area contributed by atoms with E-state index in [1.165, 1.54) is 17.2 Å². The summed E-state index contributed by atoms with van der Waals surface area (Å²) in [6.07, 6.45) is 4.08. The maximum atomic E-state index is 12.5. The average molecular weight is 350 g/mol. The summed E-state index contributed by atoms with van der Waals surface area (Å²) in [4.78, 5) is 30.9. The van der Waals surface area contributed by atoms with Crippen LogP contribution in [0.3, 0.4) is 0 Å². The number of aryl methyl sites for hydroxylation is 2. The molecular formula is C19H18N4O3. The first kappa shape index (κ1) is 16.1. The molecule has 1 amide bonds. The molecule has 7 heteroatoms. The number of nitrogens with zero attached hydrogens (tertiary/aromatic N) is 2. The van der Waals surface area contributed by atoms with Crippen molar-refractivity contribution in [3.63, 3.8) is 0 Å². The van der Waals surface area contributed by atoms with Gasteiger partial charge in [0.1, 0.15) is 11.1 Å². The van der Waals surface area contributed by atoms with Gasteiger partial charge in [0, 0.05) is 24.8 Å². The van der Waals surface area contributed by atoms with Crippen molar-refractivity contribution in [2.75, 3.05) is 6.54 Å². The lowest BCUT2D eigenvalue weighted by Crippen LogP contribution is -2.26. The number of hydrogen-bond donors (Lipinski definition) is 2. The van der Waals surface area contributed by atoms with E-state index in [9.17, 15) is 9.59 Å². The SMILES string of the molecule is Cc1oc2nc[nH]c(=O)c2c1C(=O)NCCCn1ccc2ccccc21. The third-order valence-corrected chi connectivity index (χ3v) is 4.44. The Labute approximate surface area is 148 Å². The Balaban J connectivity index is 1.43. The van der Waals surface area contributed by atoms with Crippen molar-refractivity contribution in [3.05, 3.63) is 64.5 Å². The van der Waals surface area contributed by atoms with E-state index in [0.29, 0.717) is 12.3 Å². The Morgan fingerprint density at radius 3 is 3.04 bits per heavy atom. The van der Waals surface area contributed by atoms with Gasteiger partial charge in [-0.15, -0.1) is 0 Å². The number of para-hydroxylation sites is 1. The second-order valence-corrected chi connectivity index (χ2v) is 6.12. The number of carbonyl (C=O) groups excluding carboxylic acids is 1. The fourth-order valence-corrected chi connectivity index (χ4v) is 3.20. The van der Waals surface area contributed by atoms with Crippen LogP contribution in [0.25, 0.3) is 22.0 Å². The van der Waals surface area contributed by atoms with Gasteiger partial charge in [0.25, 0.3) is 11.5 Å². The van der Waals surface area contributed by atoms with Crippen LogP contribution < -0.4 is 10.9 Å². The van der Waals surface area contributed by atoms with Crippen molar-refractivity contribution >= 4 is 27.9 Å². The number of aromatic nitrogens is 3. The van der Waals surface area contributed by atoms with Gasteiger partial charge in [-0.05, 0) is 30.9 Å². The minimum absolute atomic E-state index is 0.176. The van der Waals surface area contributed by atoms with Crippen LogP contribution in [0.2, 0.25) is 0 Å². The average Bonchev–Trinajstić information content (AvgIpc) is 3.20. The number of benzene rings is 1. The first-order valence-electron chi connectivity index (χ1n) is 8.44. The molecule has 4 rings (SSSR count). The maximum absolute atomic E-state index is 12.5. The van der Waals surface area contributed by atoms with E-state index in [1.54, 1.807) is 6.92 Å². The summed E-state index contributed by atoms with van der Waals surface area (Å²) in [5.41, 5.74) is 1.22. The molecule has 3 aromatic heterocycles. The second-order valence-electron chi connectivity index (χ2n) is 6.12. The zero-order chi connectivity index (χ0) is 18.1. The van der Waals surface area contributed by atoms with Gasteiger partial charge in [0.2, 0.25) is 5.71 Å². The Morgan fingerprint density at radius 2 is 2.15 bits per heavy atom. The first-order chi connectivity index (χ1) is 12.6. The van der Waals surface area contributed by atoms with Crippen molar-refractivity contribution in [2.24, 2.45) is 0 Å². The highest BCUT2D eigenvalue weighted by Gasteiger charge is 2.21. The van der Waals surface area contributed by atoms with Gasteiger partial charge in [-0.1, -0.05) is 18.2 Å². The van der Waals surface area contributed by atoms with Crippen LogP contribution in [0.4, 0.5) is 0 Å². The zero-order valence-corrected chi connectivity index (χ0v) is 14.3. The van der Waals surface area contributed by atoms with E-state index in [1.807, 2.05) is 18.3 Å². The normalized spacial score (nSPS) is 11.3. The third-order valence-electron chi connectivity index (χ3n) is 4.44. The third kappa shape index (κ3) is 2.77. The molecule has 0 atom stereocenters. The molecule has 7 nitrogen and oxygen atoms in total. The number of rotatable bonds is 5. The second kappa shape index (κ2) is 6.51. The van der Waals surface area contributed by atoms with Crippen molar-refractivity contribution in [1.82, 2.24) is 19.9 Å². The topological polar surface area (TPSA) is 92.9 Å². The van der Waals surface area contributed by atoms with Crippen LogP contribution in [-0.2, 0) is 6.54 Å². The standard InChI is InChI=1S/C19H18N4O3/c1-12-15(16-18(25)21-11-22-19(16)26-12)17(24)20-8-4-9-23-10-7-13-5-2-3-6-14(13)23/h2-3,5-7,10-11H,4,8-9H2,1H3,(H,20,24)(H,21,22,25). The lowest BCUT2D eigenvalue weighted by Gasteiger charge is -2.07. The Hall–Kier alpha value is -3.35. The molecule has 0 aliphatic rings. The molecule has 0 unspecified atom stereocenters. The van der Waals surface area contributed by atoms with Crippen LogP contribution in [-0.4, -0.2) is 27.0 Å². The summed E-state index contributed by atoms with van der Waals surface area (Å²) >= 11 is 0. The number of hydrogen-bond acceptors (Lipinski definition) is 4. The molecule has 4 aromatic rings. The van der Waals surface area contributed by atoms with Crippen LogP contribution in [0.1, 0.15) is 22.5 Å². The molecule has 0 saturated carbocycles. The number of furan rings is 1. The van der Waals surface area contributed by atoms with Gasteiger partial charge in [0.15, 0.2) is 0 Å². The minimum atomic E-state index is -0.379. The van der Waals surface area contributed by atoms with Crippen molar-refractivity contribution in [3.8, 4) is 0 Å². The fourth-order valence-electron chi connectivity index (χ4n) is 3.20. The molecule has 26 heavy (non-hydrogen) atoms. The van der Waals surface area contributed by atoms with Crippen molar-refractivity contribution in [1.29, 1.82) is 0 Å². The molecule has 0 aliphatic heterocycles. The molecule has 132 valence electrons. The quantitative estimate of drug-likeness (QED) is 0.541. The highest BCUT2D eigenvalue weighted by Crippen LogP contribution is 2.20. The van der Waals surface area contributed by atoms with E-state index >= 15 is 0 Å². The minimum Gasteiger partial charge on any atom is -0.442 e. The highest BCUT2D eigenvalue weighted by atomic mass is 16.3. The van der Waals surface area contributed by atoms with Crippen LogP contribution in [0.15, 0.2) is 52.1 Å². The van der Waals surface area contributed by atoms with E-state index in [4.69, 9.17) is 4.42 Å². The van der Waals surface area contributed by atoms with Gasteiger partial charge in [-0.3, -0.25) is 9.59 Å². The molecule has 1 aromatic carbocycles. The summed E-state index contributed by atoms with van der Waals surface area (Å²) in [7, 11) is 0. The van der Waals surface area contributed by atoms with Crippen LogP contribution >= 0.6 is 0 Å². The van der Waals surface area contributed by atoms with E-state index in [0.717, 1.165) is 13.0 Å². The number of fused-ring (bicyclic) bond motifs is 2. The Kier molecular flexibility index (Phi) is 4.04. The summed E-state index contributed by atoms with van der Waals surface area (Å²) in [5, 5.41) is 4.25. The van der Waals surface area contributed by atoms with Gasteiger partial charge in [-0.2, -0.15) is 0 Å². The van der Waals surface area contributed by atoms with Gasteiger partial charge in [0.05, 0.1) is 11.9 Å². The molecular weight excluding hydrogens is 332 g/mol. The fraction of sp³-hybridized carbons (Fsp3) is 0.211. The van der Waals surface area contributed by atoms with E-state index < -0.39 is 0 Å². The number of amides is 1. The lowest BCUT2D eigenvalue weighted by atomic mass is 10.2. The van der Waals surface area contributed by atoms with Crippen LogP contribution in [0.5, 0.6) is 0 Å². The number of nitrogens with one attached hydrogen (secondary N) is 2. The van der Waals surface area contributed by atoms with Crippen LogP contribution in [0, 0.1) is 6.92 Å². The summed E-state index contributed by atoms with van der Waals surface area (Å²) in [5.74, 6) is 0.0650. The zero-order valence-electron chi connectivity index (χ0n) is 14.3. The van der Waals surface area contributed by atoms with Gasteiger partial charge >= 0.3 is 0 Å². The summed E-state index contributed by atoms with van der Waals surface area (Å²) in [6, 6.07) is 10.3. The van der Waals surface area contributed by atoms with E-state index in [-0.39, 0.29) is 28.1 Å². The smallest absolute Gasteiger partial charge is 0.262 e. The number of aromatic amines is 1. The molecule has 0 spiro atoms. The molecule has 0 fully saturated rings. The monoisotopic (exact) mass is 350 g/mol. The molecule has 3 heterocycles. The van der Waals surface area contributed by atoms with Gasteiger partial charge < -0.3 is 19.3 Å². The predicted molar refractivity (Wildman–Crippen MR) is 98.3 cm³/mol. The Bertz CT molecular complexity index is 1150. The highest BCUT2D eigenvalue weighted by molar-refractivity contribution is 6.06. The maximum Gasteiger partial charge on any atom is 0.262 e. The number of H-pyrrole nitrogens is 1. The van der Waals surface area contributed by atoms with Crippen molar-refractivity contribution < 1.29 is 9.21 Å². The van der Waals surface area contributed by atoms with E-state index in [2.05, 4.69) is 38.1 Å². The molecule has 0 aliphatic carbocycles. The largest absolute Gasteiger partial charge is 0.442 e. The predicted octanol–water partition coefficient (Wildman–Crippen LogP) is 2.60. The molecule has 0 bridgehead atoms. The van der Waals surface area contributed by atoms with Gasteiger partial charge in [-0.25, -0.2) is 4.98 Å². The van der Waals surface area contributed by atoms with Crippen molar-refractivity contribution in [2.45, 2.75) is 19.9 Å². The molecule has 0 radical (unpaired) electrons. The molecule has 2 N–H and O–H groups in total.